The molecule has 122 valence electrons. The first kappa shape index (κ1) is 15.7. The fourth-order valence-corrected chi connectivity index (χ4v) is 3.11. The number of aliphatic hydroxyl groups is 1. The number of aromatic nitrogens is 2. The van der Waals surface area contributed by atoms with Crippen molar-refractivity contribution in [2.45, 2.75) is 31.5 Å². The maximum absolute atomic E-state index is 12.9. The molecule has 1 aliphatic heterocycles. The Morgan fingerprint density at radius 3 is 2.78 bits per heavy atom. The van der Waals surface area contributed by atoms with E-state index in [1.807, 2.05) is 36.5 Å². The number of amides is 1. The molecule has 0 atom stereocenters. The molecule has 0 radical (unpaired) electrons. The molecule has 3 rings (SSSR count). The quantitative estimate of drug-likeness (QED) is 0.762. The summed E-state index contributed by atoms with van der Waals surface area (Å²) in [6.07, 6.45) is 5.01. The molecule has 1 fully saturated rings. The maximum atomic E-state index is 12.9. The van der Waals surface area contributed by atoms with Crippen LogP contribution in [-0.2, 0) is 23.5 Å². The Morgan fingerprint density at radius 2 is 2.09 bits per heavy atom. The molecule has 2 aromatic rings. The lowest BCUT2D eigenvalue weighted by Gasteiger charge is -2.36. The maximum Gasteiger partial charge on any atom is 0.248 e. The second-order valence-corrected chi connectivity index (χ2v) is 5.89. The van der Waals surface area contributed by atoms with Gasteiger partial charge >= 0.3 is 0 Å². The van der Waals surface area contributed by atoms with Gasteiger partial charge in [0.05, 0.1) is 6.61 Å². The Balaban J connectivity index is 1.74. The summed E-state index contributed by atoms with van der Waals surface area (Å²) in [7, 11) is 0. The number of hydrogen-bond acceptors (Lipinski definition) is 4. The van der Waals surface area contributed by atoms with Gasteiger partial charge in [-0.05, 0) is 43.1 Å². The number of hydrogen-bond donors (Lipinski definition) is 3. The molecule has 1 aliphatic rings. The summed E-state index contributed by atoms with van der Waals surface area (Å²) in [6.45, 7) is 2.05. The fourth-order valence-electron chi connectivity index (χ4n) is 3.11. The summed E-state index contributed by atoms with van der Waals surface area (Å²) in [5.74, 6) is -0.00268. The lowest BCUT2D eigenvalue weighted by atomic mass is 9.87. The summed E-state index contributed by atoms with van der Waals surface area (Å²) >= 11 is 0. The van der Waals surface area contributed by atoms with Gasteiger partial charge in [-0.3, -0.25) is 9.48 Å². The first-order chi connectivity index (χ1) is 11.2. The van der Waals surface area contributed by atoms with Crippen LogP contribution in [0.3, 0.4) is 0 Å². The lowest BCUT2D eigenvalue weighted by molar-refractivity contribution is -0.132. The normalized spacial score (nSPS) is 16.9. The lowest BCUT2D eigenvalue weighted by Crippen LogP contribution is -2.54. The molecular weight excluding hydrogens is 292 g/mol. The van der Waals surface area contributed by atoms with E-state index in [-0.39, 0.29) is 12.5 Å². The van der Waals surface area contributed by atoms with Crippen LogP contribution in [0.25, 0.3) is 0 Å². The van der Waals surface area contributed by atoms with Crippen molar-refractivity contribution in [1.82, 2.24) is 20.4 Å². The van der Waals surface area contributed by atoms with Crippen LogP contribution in [0.4, 0.5) is 0 Å². The van der Waals surface area contributed by atoms with Gasteiger partial charge in [0.25, 0.3) is 0 Å². The van der Waals surface area contributed by atoms with Gasteiger partial charge in [-0.1, -0.05) is 24.3 Å². The Kier molecular flexibility index (Phi) is 4.73. The van der Waals surface area contributed by atoms with Crippen molar-refractivity contribution in [1.29, 1.82) is 0 Å². The van der Waals surface area contributed by atoms with E-state index in [2.05, 4.69) is 15.7 Å². The van der Waals surface area contributed by atoms with E-state index < -0.39 is 5.54 Å². The van der Waals surface area contributed by atoms with E-state index in [1.54, 1.807) is 10.9 Å². The highest BCUT2D eigenvalue weighted by molar-refractivity contribution is 5.84. The van der Waals surface area contributed by atoms with Crippen LogP contribution in [0, 0.1) is 0 Å². The number of piperidine rings is 1. The Morgan fingerprint density at radius 1 is 1.30 bits per heavy atom. The molecule has 1 aromatic carbocycles. The number of nitrogens with zero attached hydrogens (tertiary/aromatic N) is 2. The third-order valence-electron chi connectivity index (χ3n) is 4.42. The number of aliphatic hydroxyl groups excluding tert-OH is 1. The fraction of sp³-hybridized carbons (Fsp3) is 0.412. The zero-order valence-electron chi connectivity index (χ0n) is 13.0. The second kappa shape index (κ2) is 6.93. The third-order valence-corrected chi connectivity index (χ3v) is 4.42. The summed E-state index contributed by atoms with van der Waals surface area (Å²) in [4.78, 5) is 12.9. The van der Waals surface area contributed by atoms with Crippen molar-refractivity contribution in [2.24, 2.45) is 0 Å². The SMILES string of the molecule is O=C(NCc1cccc(CO)c1)C1(n2cccn2)CCNCC1. The van der Waals surface area contributed by atoms with E-state index in [4.69, 9.17) is 0 Å². The average Bonchev–Trinajstić information content (AvgIpc) is 3.15. The van der Waals surface area contributed by atoms with Crippen molar-refractivity contribution >= 4 is 5.91 Å². The predicted octanol–water partition coefficient (Wildman–Crippen LogP) is 0.770. The molecule has 0 saturated carbocycles. The molecule has 6 heteroatoms. The Bertz CT molecular complexity index is 648. The largest absolute Gasteiger partial charge is 0.392 e. The minimum absolute atomic E-state index is 0.00268. The molecule has 0 aliphatic carbocycles. The Labute approximate surface area is 135 Å². The van der Waals surface area contributed by atoms with Gasteiger partial charge in [0.2, 0.25) is 5.91 Å². The van der Waals surface area contributed by atoms with Crippen LogP contribution in [0.15, 0.2) is 42.7 Å². The zero-order chi connectivity index (χ0) is 16.1. The molecule has 6 nitrogen and oxygen atoms in total. The standard InChI is InChI=1S/C17H22N4O2/c22-13-15-4-1-3-14(11-15)12-19-16(23)17(5-8-18-9-6-17)21-10-2-7-20-21/h1-4,7,10-11,18,22H,5-6,8-9,12-13H2,(H,19,23). The summed E-state index contributed by atoms with van der Waals surface area (Å²) in [5.41, 5.74) is 1.21. The first-order valence-electron chi connectivity index (χ1n) is 7.92. The molecular formula is C17H22N4O2. The highest BCUT2D eigenvalue weighted by Crippen LogP contribution is 2.27. The molecule has 2 heterocycles. The number of carbonyl (C=O) groups is 1. The smallest absolute Gasteiger partial charge is 0.248 e. The number of carbonyl (C=O) groups excluding carboxylic acids is 1. The molecule has 1 amide bonds. The van der Waals surface area contributed by atoms with E-state index in [0.717, 1.165) is 37.1 Å². The molecule has 3 N–H and O–H groups in total. The highest BCUT2D eigenvalue weighted by Gasteiger charge is 2.41. The van der Waals surface area contributed by atoms with Gasteiger partial charge in [0.15, 0.2) is 0 Å². The van der Waals surface area contributed by atoms with Gasteiger partial charge in [-0.25, -0.2) is 0 Å². The number of benzene rings is 1. The van der Waals surface area contributed by atoms with Crippen LogP contribution in [-0.4, -0.2) is 33.9 Å². The van der Waals surface area contributed by atoms with Crippen LogP contribution < -0.4 is 10.6 Å². The minimum Gasteiger partial charge on any atom is -0.392 e. The van der Waals surface area contributed by atoms with Gasteiger partial charge in [0.1, 0.15) is 5.54 Å². The summed E-state index contributed by atoms with van der Waals surface area (Å²) in [6, 6.07) is 9.46. The van der Waals surface area contributed by atoms with Gasteiger partial charge in [0, 0.05) is 18.9 Å². The zero-order valence-corrected chi connectivity index (χ0v) is 13.0. The van der Waals surface area contributed by atoms with E-state index >= 15 is 0 Å². The van der Waals surface area contributed by atoms with Crippen molar-refractivity contribution in [3.63, 3.8) is 0 Å². The van der Waals surface area contributed by atoms with Crippen LogP contribution in [0.1, 0.15) is 24.0 Å². The van der Waals surface area contributed by atoms with Gasteiger partial charge in [-0.2, -0.15) is 5.10 Å². The van der Waals surface area contributed by atoms with Crippen molar-refractivity contribution in [2.75, 3.05) is 13.1 Å². The number of nitrogens with one attached hydrogen (secondary N) is 2. The molecule has 0 spiro atoms. The molecule has 0 bridgehead atoms. The van der Waals surface area contributed by atoms with Crippen LogP contribution in [0.2, 0.25) is 0 Å². The van der Waals surface area contributed by atoms with E-state index in [0.29, 0.717) is 6.54 Å². The van der Waals surface area contributed by atoms with Crippen molar-refractivity contribution in [3.8, 4) is 0 Å². The topological polar surface area (TPSA) is 79.2 Å². The van der Waals surface area contributed by atoms with Crippen molar-refractivity contribution < 1.29 is 9.90 Å². The third kappa shape index (κ3) is 3.28. The minimum atomic E-state index is -0.622. The van der Waals surface area contributed by atoms with E-state index in [9.17, 15) is 9.90 Å². The molecule has 1 saturated heterocycles. The van der Waals surface area contributed by atoms with Gasteiger partial charge in [-0.15, -0.1) is 0 Å². The van der Waals surface area contributed by atoms with Crippen molar-refractivity contribution in [3.05, 3.63) is 53.9 Å². The first-order valence-corrected chi connectivity index (χ1v) is 7.92. The summed E-state index contributed by atoms with van der Waals surface area (Å²) in [5, 5.41) is 19.9. The molecule has 0 unspecified atom stereocenters. The second-order valence-electron chi connectivity index (χ2n) is 5.89. The van der Waals surface area contributed by atoms with E-state index in [1.165, 1.54) is 0 Å². The van der Waals surface area contributed by atoms with Gasteiger partial charge < -0.3 is 15.7 Å². The predicted molar refractivity (Wildman–Crippen MR) is 86.5 cm³/mol. The average molecular weight is 314 g/mol. The Hall–Kier alpha value is -2.18. The van der Waals surface area contributed by atoms with Crippen LogP contribution >= 0.6 is 0 Å². The summed E-state index contributed by atoms with van der Waals surface area (Å²) < 4.78 is 1.79. The number of rotatable bonds is 5. The molecule has 1 aromatic heterocycles. The highest BCUT2D eigenvalue weighted by atomic mass is 16.3. The monoisotopic (exact) mass is 314 g/mol. The molecule has 23 heavy (non-hydrogen) atoms. The van der Waals surface area contributed by atoms with Crippen LogP contribution in [0.5, 0.6) is 0 Å².